The number of hydrogen-bond acceptors (Lipinski definition) is 3. The van der Waals surface area contributed by atoms with Crippen LogP contribution in [0.3, 0.4) is 0 Å². The monoisotopic (exact) mass is 420 g/mol. The third-order valence-corrected chi connectivity index (χ3v) is 5.78. The molecule has 3 nitrogen and oxygen atoms in total. The molecule has 0 spiro atoms. The van der Waals surface area contributed by atoms with Gasteiger partial charge in [0.05, 0.1) is 10.2 Å². The molecule has 0 bridgehead atoms. The van der Waals surface area contributed by atoms with Gasteiger partial charge < -0.3 is 4.57 Å². The number of thiazole rings is 1. The second kappa shape index (κ2) is 7.68. The summed E-state index contributed by atoms with van der Waals surface area (Å²) in [6, 6.07) is 13.7. The lowest BCUT2D eigenvalue weighted by atomic mass is 10.1. The number of halogens is 1. The normalized spacial score (nSPS) is 12.0. The summed E-state index contributed by atoms with van der Waals surface area (Å²) in [5.41, 5.74) is 2.87. The first-order valence-corrected chi connectivity index (χ1v) is 10.5. The zero-order valence-electron chi connectivity index (χ0n) is 13.5. The molecule has 0 aliphatic rings. The van der Waals surface area contributed by atoms with Gasteiger partial charge in [0.1, 0.15) is 0 Å². The lowest BCUT2D eigenvalue weighted by Crippen LogP contribution is -2.18. The van der Waals surface area contributed by atoms with Crippen LogP contribution in [0, 0.1) is 6.92 Å². The minimum atomic E-state index is -0.196. The summed E-state index contributed by atoms with van der Waals surface area (Å²) in [4.78, 5) is 17.7. The summed E-state index contributed by atoms with van der Waals surface area (Å²) >= 11 is 6.84. The molecule has 2 aromatic carbocycles. The fraction of sp³-hybridized carbons (Fsp3) is 0.222. The van der Waals surface area contributed by atoms with Gasteiger partial charge in [-0.3, -0.25) is 4.79 Å². The maximum absolute atomic E-state index is 12.5. The van der Waals surface area contributed by atoms with Gasteiger partial charge >= 0.3 is 0 Å². The highest BCUT2D eigenvalue weighted by Crippen LogP contribution is 2.22. The Balaban J connectivity index is 2.09. The lowest BCUT2D eigenvalue weighted by molar-refractivity contribution is 0.0998. The van der Waals surface area contributed by atoms with E-state index in [0.717, 1.165) is 37.4 Å². The van der Waals surface area contributed by atoms with Crippen LogP contribution in [0.5, 0.6) is 0 Å². The Morgan fingerprint density at radius 3 is 2.71 bits per heavy atom. The highest BCUT2D eigenvalue weighted by atomic mass is 79.9. The first-order chi connectivity index (χ1) is 11.6. The first-order valence-electron chi connectivity index (χ1n) is 7.52. The lowest BCUT2D eigenvalue weighted by Gasteiger charge is -2.03. The van der Waals surface area contributed by atoms with Gasteiger partial charge in [-0.25, -0.2) is 0 Å². The molecule has 0 atom stereocenters. The van der Waals surface area contributed by atoms with Crippen molar-refractivity contribution < 1.29 is 4.79 Å². The van der Waals surface area contributed by atoms with E-state index in [4.69, 9.17) is 0 Å². The van der Waals surface area contributed by atoms with Crippen molar-refractivity contribution in [2.24, 2.45) is 4.99 Å². The smallest absolute Gasteiger partial charge is 0.279 e. The van der Waals surface area contributed by atoms with Crippen LogP contribution in [-0.4, -0.2) is 22.5 Å². The van der Waals surface area contributed by atoms with E-state index in [9.17, 15) is 4.79 Å². The van der Waals surface area contributed by atoms with E-state index >= 15 is 0 Å². The van der Waals surface area contributed by atoms with Crippen LogP contribution in [0.2, 0.25) is 0 Å². The van der Waals surface area contributed by atoms with Crippen molar-refractivity contribution >= 4 is 55.2 Å². The average Bonchev–Trinajstić information content (AvgIpc) is 2.89. The molecule has 0 saturated heterocycles. The van der Waals surface area contributed by atoms with Crippen molar-refractivity contribution in [3.63, 3.8) is 0 Å². The van der Waals surface area contributed by atoms with E-state index in [1.54, 1.807) is 23.1 Å². The summed E-state index contributed by atoms with van der Waals surface area (Å²) in [5, 5.41) is 0. The minimum Gasteiger partial charge on any atom is -0.316 e. The number of hydrogen-bond donors (Lipinski definition) is 0. The Bertz CT molecular complexity index is 942. The number of aryl methyl sites for hydroxylation is 2. The molecular formula is C18H17BrN2OS2. The molecule has 124 valence electrons. The van der Waals surface area contributed by atoms with Crippen LogP contribution in [0.1, 0.15) is 15.9 Å². The van der Waals surface area contributed by atoms with Gasteiger partial charge in [0.15, 0.2) is 4.80 Å². The highest BCUT2D eigenvalue weighted by Gasteiger charge is 2.09. The number of amides is 1. The van der Waals surface area contributed by atoms with Crippen LogP contribution in [0.4, 0.5) is 0 Å². The van der Waals surface area contributed by atoms with Gasteiger partial charge in [-0.15, -0.1) is 0 Å². The van der Waals surface area contributed by atoms with Gasteiger partial charge in [0.25, 0.3) is 5.91 Å². The molecule has 3 rings (SSSR count). The molecule has 1 amide bonds. The van der Waals surface area contributed by atoms with Crippen molar-refractivity contribution in [1.29, 1.82) is 0 Å². The van der Waals surface area contributed by atoms with Crippen molar-refractivity contribution in [3.8, 4) is 0 Å². The predicted octanol–water partition coefficient (Wildman–Crippen LogP) is 4.88. The zero-order chi connectivity index (χ0) is 17.1. The Morgan fingerprint density at radius 1 is 1.25 bits per heavy atom. The second-order valence-electron chi connectivity index (χ2n) is 5.42. The first kappa shape index (κ1) is 17.5. The molecule has 0 N–H and O–H groups in total. The van der Waals surface area contributed by atoms with Gasteiger partial charge in [-0.2, -0.15) is 16.8 Å². The Kier molecular flexibility index (Phi) is 5.58. The van der Waals surface area contributed by atoms with E-state index in [0.29, 0.717) is 5.56 Å². The third kappa shape index (κ3) is 3.82. The summed E-state index contributed by atoms with van der Waals surface area (Å²) in [5.74, 6) is 0.784. The van der Waals surface area contributed by atoms with Crippen molar-refractivity contribution in [3.05, 3.63) is 62.9 Å². The van der Waals surface area contributed by atoms with E-state index in [1.165, 1.54) is 0 Å². The van der Waals surface area contributed by atoms with Crippen LogP contribution >= 0.6 is 39.0 Å². The SMILES string of the molecule is CSCCn1c(=NC(=O)c2ccc(C)cc2)sc2cc(Br)ccc21. The maximum Gasteiger partial charge on any atom is 0.279 e. The van der Waals surface area contributed by atoms with Crippen LogP contribution in [-0.2, 0) is 6.54 Å². The largest absolute Gasteiger partial charge is 0.316 e. The quantitative estimate of drug-likeness (QED) is 0.602. The minimum absolute atomic E-state index is 0.196. The van der Waals surface area contributed by atoms with E-state index in [2.05, 4.69) is 43.9 Å². The molecule has 0 aliphatic carbocycles. The van der Waals surface area contributed by atoms with Crippen molar-refractivity contribution in [2.75, 3.05) is 12.0 Å². The third-order valence-electron chi connectivity index (χ3n) is 3.66. The fourth-order valence-corrected chi connectivity index (χ4v) is 4.35. The summed E-state index contributed by atoms with van der Waals surface area (Å²) in [7, 11) is 0. The molecule has 1 heterocycles. The zero-order valence-corrected chi connectivity index (χ0v) is 16.7. The Hall–Kier alpha value is -1.37. The molecule has 0 unspecified atom stereocenters. The molecule has 0 radical (unpaired) electrons. The molecule has 1 aromatic heterocycles. The van der Waals surface area contributed by atoms with Gasteiger partial charge in [-0.05, 0) is 43.5 Å². The summed E-state index contributed by atoms with van der Waals surface area (Å²) in [6.45, 7) is 2.84. The van der Waals surface area contributed by atoms with Crippen LogP contribution < -0.4 is 4.80 Å². The van der Waals surface area contributed by atoms with E-state index < -0.39 is 0 Å². The van der Waals surface area contributed by atoms with Gasteiger partial charge in [0.2, 0.25) is 0 Å². The molecule has 0 fully saturated rings. The number of nitrogens with zero attached hydrogens (tertiary/aromatic N) is 2. The number of carbonyl (C=O) groups excluding carboxylic acids is 1. The summed E-state index contributed by atoms with van der Waals surface area (Å²) < 4.78 is 4.29. The van der Waals surface area contributed by atoms with Crippen molar-refractivity contribution in [1.82, 2.24) is 4.57 Å². The van der Waals surface area contributed by atoms with Crippen molar-refractivity contribution in [2.45, 2.75) is 13.5 Å². The molecule has 0 aliphatic heterocycles. The number of aromatic nitrogens is 1. The van der Waals surface area contributed by atoms with Gasteiger partial charge in [0, 0.05) is 22.3 Å². The molecule has 6 heteroatoms. The maximum atomic E-state index is 12.5. The standard InChI is InChI=1S/C18H17BrN2OS2/c1-12-3-5-13(6-4-12)17(22)20-18-21(9-10-23-2)15-8-7-14(19)11-16(15)24-18/h3-8,11H,9-10H2,1-2H3. The Morgan fingerprint density at radius 2 is 2.00 bits per heavy atom. The number of fused-ring (bicyclic) bond motifs is 1. The number of benzene rings is 2. The summed E-state index contributed by atoms with van der Waals surface area (Å²) in [6.07, 6.45) is 2.08. The number of rotatable bonds is 4. The average molecular weight is 421 g/mol. The van der Waals surface area contributed by atoms with E-state index in [1.807, 2.05) is 37.3 Å². The van der Waals surface area contributed by atoms with Crippen LogP contribution in [0.15, 0.2) is 51.9 Å². The Labute approximate surface area is 157 Å². The molecule has 24 heavy (non-hydrogen) atoms. The fourth-order valence-electron chi connectivity index (χ4n) is 2.38. The molecular weight excluding hydrogens is 404 g/mol. The molecule has 0 saturated carbocycles. The van der Waals surface area contributed by atoms with Gasteiger partial charge in [-0.1, -0.05) is 45.0 Å². The predicted molar refractivity (Wildman–Crippen MR) is 107 cm³/mol. The second-order valence-corrected chi connectivity index (χ2v) is 8.33. The van der Waals surface area contributed by atoms with E-state index in [-0.39, 0.29) is 5.91 Å². The highest BCUT2D eigenvalue weighted by molar-refractivity contribution is 9.10. The topological polar surface area (TPSA) is 34.4 Å². The number of thioether (sulfide) groups is 1. The number of carbonyl (C=O) groups is 1. The van der Waals surface area contributed by atoms with Crippen LogP contribution in [0.25, 0.3) is 10.2 Å². The molecule has 3 aromatic rings.